The van der Waals surface area contributed by atoms with Crippen molar-refractivity contribution in [2.24, 2.45) is 0 Å². The van der Waals surface area contributed by atoms with Gasteiger partial charge in [0, 0.05) is 62.6 Å². The van der Waals surface area contributed by atoms with E-state index in [0.29, 0.717) is 56.4 Å². The van der Waals surface area contributed by atoms with Gasteiger partial charge in [-0.05, 0) is 57.2 Å². The lowest BCUT2D eigenvalue weighted by Crippen LogP contribution is -2.49. The number of anilines is 2. The van der Waals surface area contributed by atoms with E-state index in [9.17, 15) is 9.59 Å². The Kier molecular flexibility index (Phi) is 8.05. The van der Waals surface area contributed by atoms with Crippen LogP contribution in [0.3, 0.4) is 0 Å². The normalized spacial score (nSPS) is 13.9. The first-order valence-corrected chi connectivity index (χ1v) is 11.2. The molecule has 1 aromatic carbocycles. The van der Waals surface area contributed by atoms with Gasteiger partial charge in [-0.1, -0.05) is 0 Å². The molecule has 1 aromatic heterocycles. The summed E-state index contributed by atoms with van der Waals surface area (Å²) in [4.78, 5) is 35.7. The first-order valence-electron chi connectivity index (χ1n) is 11.2. The molecule has 8 nitrogen and oxygen atoms in total. The van der Waals surface area contributed by atoms with Gasteiger partial charge in [-0.25, -0.2) is 4.98 Å². The van der Waals surface area contributed by atoms with Crippen molar-refractivity contribution in [3.63, 3.8) is 0 Å². The Morgan fingerprint density at radius 1 is 1.09 bits per heavy atom. The van der Waals surface area contributed by atoms with E-state index in [1.54, 1.807) is 35.4 Å². The second-order valence-electron chi connectivity index (χ2n) is 8.14. The third-order valence-electron chi connectivity index (χ3n) is 5.51. The first-order chi connectivity index (χ1) is 15.4. The third kappa shape index (κ3) is 5.56. The molecule has 2 aromatic rings. The van der Waals surface area contributed by atoms with Gasteiger partial charge in [-0.2, -0.15) is 0 Å². The molecule has 1 aliphatic rings. The van der Waals surface area contributed by atoms with Crippen LogP contribution in [0.1, 0.15) is 41.5 Å². The van der Waals surface area contributed by atoms with E-state index in [1.165, 1.54) is 0 Å². The van der Waals surface area contributed by atoms with Crippen molar-refractivity contribution in [3.8, 4) is 0 Å². The topological polar surface area (TPSA) is 89.0 Å². The molecule has 1 aliphatic heterocycles. The zero-order chi connectivity index (χ0) is 23.1. The number of aliphatic hydroxyl groups is 1. The fraction of sp³-hybridized carbons (Fsp3) is 0.458. The van der Waals surface area contributed by atoms with Crippen LogP contribution in [-0.4, -0.2) is 83.6 Å². The quantitative estimate of drug-likeness (QED) is 0.656. The summed E-state index contributed by atoms with van der Waals surface area (Å²) in [6, 6.07) is 11.0. The molecule has 0 bridgehead atoms. The standard InChI is InChI=1S/C24H33N5O3/c1-4-27(16-17-30)23(31)19-7-9-20(10-8-19)24(32)29-14-12-28(13-15-29)22-21(26-18(2)3)6-5-11-25-22/h5-11,18,26,30H,4,12-17H2,1-3H3. The van der Waals surface area contributed by atoms with Crippen molar-refractivity contribution in [2.75, 3.05) is 56.1 Å². The number of likely N-dealkylation sites (N-methyl/N-ethyl adjacent to an activating group) is 1. The number of carbonyl (C=O) groups excluding carboxylic acids is 2. The van der Waals surface area contributed by atoms with Gasteiger partial charge in [-0.15, -0.1) is 0 Å². The minimum atomic E-state index is -0.143. The molecule has 0 unspecified atom stereocenters. The smallest absolute Gasteiger partial charge is 0.253 e. The zero-order valence-electron chi connectivity index (χ0n) is 19.1. The Hall–Kier alpha value is -3.13. The monoisotopic (exact) mass is 439 g/mol. The number of nitrogens with zero attached hydrogens (tertiary/aromatic N) is 4. The van der Waals surface area contributed by atoms with Crippen LogP contribution in [0.2, 0.25) is 0 Å². The number of hydrogen-bond donors (Lipinski definition) is 2. The van der Waals surface area contributed by atoms with E-state index in [2.05, 4.69) is 29.0 Å². The highest BCUT2D eigenvalue weighted by Crippen LogP contribution is 2.25. The maximum atomic E-state index is 13.0. The van der Waals surface area contributed by atoms with Crippen molar-refractivity contribution in [2.45, 2.75) is 26.8 Å². The molecule has 1 saturated heterocycles. The summed E-state index contributed by atoms with van der Waals surface area (Å²) < 4.78 is 0. The van der Waals surface area contributed by atoms with Crippen molar-refractivity contribution in [1.82, 2.24) is 14.8 Å². The Morgan fingerprint density at radius 2 is 1.75 bits per heavy atom. The summed E-state index contributed by atoms with van der Waals surface area (Å²) in [5, 5.41) is 12.5. The number of nitrogens with one attached hydrogen (secondary N) is 1. The lowest BCUT2D eigenvalue weighted by atomic mass is 10.1. The molecule has 172 valence electrons. The van der Waals surface area contributed by atoms with Crippen LogP contribution in [0.5, 0.6) is 0 Å². The minimum Gasteiger partial charge on any atom is -0.395 e. The lowest BCUT2D eigenvalue weighted by molar-refractivity contribution is 0.0726. The molecule has 3 rings (SSSR count). The Morgan fingerprint density at radius 3 is 2.34 bits per heavy atom. The lowest BCUT2D eigenvalue weighted by Gasteiger charge is -2.36. The molecular weight excluding hydrogens is 406 g/mol. The second kappa shape index (κ2) is 10.9. The molecule has 2 amide bonds. The number of carbonyl (C=O) groups is 2. The molecule has 32 heavy (non-hydrogen) atoms. The summed E-state index contributed by atoms with van der Waals surface area (Å²) in [6.45, 7) is 9.44. The fourth-order valence-electron chi connectivity index (χ4n) is 3.84. The molecule has 0 atom stereocenters. The van der Waals surface area contributed by atoms with Crippen LogP contribution >= 0.6 is 0 Å². The number of pyridine rings is 1. The number of hydrogen-bond acceptors (Lipinski definition) is 6. The summed E-state index contributed by atoms with van der Waals surface area (Å²) in [6.07, 6.45) is 1.79. The Balaban J connectivity index is 1.62. The van der Waals surface area contributed by atoms with Gasteiger partial charge < -0.3 is 25.1 Å². The molecule has 8 heteroatoms. The predicted octanol–water partition coefficient (Wildman–Crippen LogP) is 2.32. The van der Waals surface area contributed by atoms with Crippen LogP contribution in [-0.2, 0) is 0 Å². The van der Waals surface area contributed by atoms with E-state index in [0.717, 1.165) is 11.5 Å². The van der Waals surface area contributed by atoms with Crippen LogP contribution in [0.15, 0.2) is 42.6 Å². The molecule has 0 radical (unpaired) electrons. The van der Waals surface area contributed by atoms with Crippen LogP contribution in [0.25, 0.3) is 0 Å². The van der Waals surface area contributed by atoms with Gasteiger partial charge >= 0.3 is 0 Å². The van der Waals surface area contributed by atoms with Crippen molar-refractivity contribution in [1.29, 1.82) is 0 Å². The Bertz CT molecular complexity index is 908. The van der Waals surface area contributed by atoms with Crippen LogP contribution in [0, 0.1) is 0 Å². The van der Waals surface area contributed by atoms with Gasteiger partial charge in [0.1, 0.15) is 0 Å². The van der Waals surface area contributed by atoms with Gasteiger partial charge in [-0.3, -0.25) is 9.59 Å². The fourth-order valence-corrected chi connectivity index (χ4v) is 3.84. The number of aromatic nitrogens is 1. The minimum absolute atomic E-state index is 0.0343. The molecule has 2 heterocycles. The summed E-state index contributed by atoms with van der Waals surface area (Å²) in [7, 11) is 0. The first kappa shape index (κ1) is 23.5. The molecule has 0 aliphatic carbocycles. The maximum absolute atomic E-state index is 13.0. The maximum Gasteiger partial charge on any atom is 0.253 e. The van der Waals surface area contributed by atoms with E-state index in [-0.39, 0.29) is 18.4 Å². The van der Waals surface area contributed by atoms with Crippen molar-refractivity contribution < 1.29 is 14.7 Å². The van der Waals surface area contributed by atoms with E-state index in [1.807, 2.05) is 24.0 Å². The van der Waals surface area contributed by atoms with E-state index in [4.69, 9.17) is 5.11 Å². The van der Waals surface area contributed by atoms with Crippen molar-refractivity contribution in [3.05, 3.63) is 53.7 Å². The van der Waals surface area contributed by atoms with E-state index < -0.39 is 0 Å². The SMILES string of the molecule is CCN(CCO)C(=O)c1ccc(C(=O)N2CCN(c3ncccc3NC(C)C)CC2)cc1. The highest BCUT2D eigenvalue weighted by Gasteiger charge is 2.24. The molecule has 1 fully saturated rings. The van der Waals surface area contributed by atoms with Crippen LogP contribution in [0.4, 0.5) is 11.5 Å². The van der Waals surface area contributed by atoms with Gasteiger partial charge in [0.2, 0.25) is 0 Å². The average molecular weight is 440 g/mol. The zero-order valence-corrected chi connectivity index (χ0v) is 19.1. The molecule has 2 N–H and O–H groups in total. The van der Waals surface area contributed by atoms with E-state index >= 15 is 0 Å². The average Bonchev–Trinajstić information content (AvgIpc) is 2.82. The number of aliphatic hydroxyl groups excluding tert-OH is 1. The van der Waals surface area contributed by atoms with Gasteiger partial charge in [0.05, 0.1) is 12.3 Å². The third-order valence-corrected chi connectivity index (χ3v) is 5.51. The summed E-state index contributed by atoms with van der Waals surface area (Å²) >= 11 is 0. The molecule has 0 saturated carbocycles. The van der Waals surface area contributed by atoms with Gasteiger partial charge in [0.15, 0.2) is 5.82 Å². The second-order valence-corrected chi connectivity index (χ2v) is 8.14. The molecular formula is C24H33N5O3. The number of amides is 2. The summed E-state index contributed by atoms with van der Waals surface area (Å²) in [5.41, 5.74) is 2.09. The van der Waals surface area contributed by atoms with Crippen molar-refractivity contribution >= 4 is 23.3 Å². The number of piperazine rings is 1. The largest absolute Gasteiger partial charge is 0.395 e. The highest BCUT2D eigenvalue weighted by molar-refractivity contribution is 5.98. The Labute approximate surface area is 189 Å². The predicted molar refractivity (Wildman–Crippen MR) is 126 cm³/mol. The summed E-state index contributed by atoms with van der Waals surface area (Å²) in [5.74, 6) is 0.739. The van der Waals surface area contributed by atoms with Gasteiger partial charge in [0.25, 0.3) is 11.8 Å². The number of rotatable bonds is 8. The number of benzene rings is 1. The highest BCUT2D eigenvalue weighted by atomic mass is 16.3. The van der Waals surface area contributed by atoms with Crippen LogP contribution < -0.4 is 10.2 Å². The molecule has 0 spiro atoms.